The molecule has 1 aromatic rings. The molecule has 0 radical (unpaired) electrons. The van der Waals surface area contributed by atoms with E-state index in [1.807, 2.05) is 31.2 Å². The topological polar surface area (TPSA) is 53.3 Å². The molecule has 1 aliphatic heterocycles. The van der Waals surface area contributed by atoms with Gasteiger partial charge in [0.05, 0.1) is 19.2 Å². The summed E-state index contributed by atoms with van der Waals surface area (Å²) in [5.41, 5.74) is 1.78. The van der Waals surface area contributed by atoms with Crippen molar-refractivity contribution < 1.29 is 9.53 Å². The van der Waals surface area contributed by atoms with Crippen LogP contribution in [0.2, 0.25) is 0 Å². The number of hydrogen-bond acceptors (Lipinski definition) is 3. The van der Waals surface area contributed by atoms with Crippen molar-refractivity contribution in [2.45, 2.75) is 19.4 Å². The second-order valence-electron chi connectivity index (χ2n) is 4.25. The third-order valence-electron chi connectivity index (χ3n) is 3.13. The summed E-state index contributed by atoms with van der Waals surface area (Å²) in [6.45, 7) is 3.37. The van der Waals surface area contributed by atoms with Crippen LogP contribution in [0.4, 0.5) is 0 Å². The SMILES string of the molecule is CCc1ccccc1C(=O)N1CCOC(C#N)C1. The molecule has 0 spiro atoms. The molecule has 0 saturated carbocycles. The Hall–Kier alpha value is -1.86. The van der Waals surface area contributed by atoms with E-state index in [0.717, 1.165) is 17.5 Å². The monoisotopic (exact) mass is 244 g/mol. The summed E-state index contributed by atoms with van der Waals surface area (Å²) in [5, 5.41) is 8.85. The van der Waals surface area contributed by atoms with Crippen LogP contribution in [0.15, 0.2) is 24.3 Å². The average Bonchev–Trinajstić information content (AvgIpc) is 2.46. The van der Waals surface area contributed by atoms with Crippen LogP contribution >= 0.6 is 0 Å². The molecule has 0 aliphatic carbocycles. The highest BCUT2D eigenvalue weighted by atomic mass is 16.5. The number of aryl methyl sites for hydroxylation is 1. The lowest BCUT2D eigenvalue weighted by atomic mass is 10.0. The summed E-state index contributed by atoms with van der Waals surface area (Å²) in [4.78, 5) is 14.1. The molecular weight excluding hydrogens is 228 g/mol. The summed E-state index contributed by atoms with van der Waals surface area (Å²) in [5.74, 6) is -0.00370. The van der Waals surface area contributed by atoms with Crippen molar-refractivity contribution in [3.05, 3.63) is 35.4 Å². The van der Waals surface area contributed by atoms with Crippen molar-refractivity contribution in [2.24, 2.45) is 0 Å². The van der Waals surface area contributed by atoms with Gasteiger partial charge >= 0.3 is 0 Å². The van der Waals surface area contributed by atoms with Crippen LogP contribution in [0, 0.1) is 11.3 Å². The number of nitrogens with zero attached hydrogens (tertiary/aromatic N) is 2. The maximum atomic E-state index is 12.4. The van der Waals surface area contributed by atoms with E-state index in [2.05, 4.69) is 6.07 Å². The molecule has 0 N–H and O–H groups in total. The molecule has 1 unspecified atom stereocenters. The highest BCUT2D eigenvalue weighted by Gasteiger charge is 2.25. The molecule has 4 heteroatoms. The molecular formula is C14H16N2O2. The molecule has 0 bridgehead atoms. The van der Waals surface area contributed by atoms with E-state index >= 15 is 0 Å². The lowest BCUT2D eigenvalue weighted by Gasteiger charge is -2.30. The number of rotatable bonds is 2. The minimum Gasteiger partial charge on any atom is -0.360 e. The fourth-order valence-electron chi connectivity index (χ4n) is 2.12. The number of morpholine rings is 1. The molecule has 94 valence electrons. The standard InChI is InChI=1S/C14H16N2O2/c1-2-11-5-3-4-6-13(11)14(17)16-7-8-18-12(9-15)10-16/h3-6,12H,2,7-8,10H2,1H3. The molecule has 1 saturated heterocycles. The van der Waals surface area contributed by atoms with Crippen LogP contribution in [-0.2, 0) is 11.2 Å². The summed E-state index contributed by atoms with van der Waals surface area (Å²) in [7, 11) is 0. The van der Waals surface area contributed by atoms with Gasteiger partial charge in [-0.25, -0.2) is 0 Å². The largest absolute Gasteiger partial charge is 0.360 e. The maximum Gasteiger partial charge on any atom is 0.254 e. The zero-order valence-corrected chi connectivity index (χ0v) is 10.4. The van der Waals surface area contributed by atoms with E-state index in [4.69, 9.17) is 10.00 Å². The minimum absolute atomic E-state index is 0.00370. The predicted molar refractivity (Wildman–Crippen MR) is 67.1 cm³/mol. The quantitative estimate of drug-likeness (QED) is 0.794. The van der Waals surface area contributed by atoms with Gasteiger partial charge in [-0.15, -0.1) is 0 Å². The third-order valence-corrected chi connectivity index (χ3v) is 3.13. The van der Waals surface area contributed by atoms with Crippen LogP contribution in [0.5, 0.6) is 0 Å². The molecule has 4 nitrogen and oxygen atoms in total. The van der Waals surface area contributed by atoms with Crippen LogP contribution in [-0.4, -0.2) is 36.6 Å². The van der Waals surface area contributed by atoms with Crippen molar-refractivity contribution in [3.63, 3.8) is 0 Å². The second-order valence-corrected chi connectivity index (χ2v) is 4.25. The Balaban J connectivity index is 2.18. The first-order chi connectivity index (χ1) is 8.76. The Morgan fingerprint density at radius 2 is 2.33 bits per heavy atom. The summed E-state index contributed by atoms with van der Waals surface area (Å²) < 4.78 is 5.24. The highest BCUT2D eigenvalue weighted by molar-refractivity contribution is 5.95. The summed E-state index contributed by atoms with van der Waals surface area (Å²) >= 11 is 0. The Morgan fingerprint density at radius 3 is 3.06 bits per heavy atom. The molecule has 1 aromatic carbocycles. The van der Waals surface area contributed by atoms with Crippen molar-refractivity contribution in [1.82, 2.24) is 4.90 Å². The molecule has 1 fully saturated rings. The van der Waals surface area contributed by atoms with E-state index < -0.39 is 6.10 Å². The third kappa shape index (κ3) is 2.52. The number of nitriles is 1. The zero-order chi connectivity index (χ0) is 13.0. The molecule has 1 heterocycles. The zero-order valence-electron chi connectivity index (χ0n) is 10.4. The van der Waals surface area contributed by atoms with Crippen LogP contribution in [0.3, 0.4) is 0 Å². The normalized spacial score (nSPS) is 19.3. The Kier molecular flexibility index (Phi) is 3.96. The Bertz CT molecular complexity index is 479. The fraction of sp³-hybridized carbons (Fsp3) is 0.429. The molecule has 1 amide bonds. The van der Waals surface area contributed by atoms with E-state index in [-0.39, 0.29) is 5.91 Å². The predicted octanol–water partition coefficient (Wildman–Crippen LogP) is 1.61. The van der Waals surface area contributed by atoms with Gasteiger partial charge in [-0.05, 0) is 18.1 Å². The van der Waals surface area contributed by atoms with Gasteiger partial charge in [0.1, 0.15) is 0 Å². The van der Waals surface area contributed by atoms with Gasteiger partial charge in [-0.2, -0.15) is 5.26 Å². The van der Waals surface area contributed by atoms with Gasteiger partial charge in [-0.1, -0.05) is 25.1 Å². The molecule has 0 aromatic heterocycles. The van der Waals surface area contributed by atoms with Crippen molar-refractivity contribution >= 4 is 5.91 Å². The Morgan fingerprint density at radius 1 is 1.56 bits per heavy atom. The minimum atomic E-state index is -0.503. The number of carbonyl (C=O) groups excluding carboxylic acids is 1. The van der Waals surface area contributed by atoms with E-state index in [0.29, 0.717) is 19.7 Å². The first-order valence-electron chi connectivity index (χ1n) is 6.14. The number of benzene rings is 1. The van der Waals surface area contributed by atoms with Gasteiger partial charge < -0.3 is 9.64 Å². The lowest BCUT2D eigenvalue weighted by molar-refractivity contribution is 0.00342. The number of ether oxygens (including phenoxy) is 1. The first kappa shape index (κ1) is 12.6. The highest BCUT2D eigenvalue weighted by Crippen LogP contribution is 2.15. The molecule has 2 rings (SSSR count). The van der Waals surface area contributed by atoms with Crippen molar-refractivity contribution in [1.29, 1.82) is 5.26 Å². The lowest BCUT2D eigenvalue weighted by Crippen LogP contribution is -2.45. The smallest absolute Gasteiger partial charge is 0.254 e. The van der Waals surface area contributed by atoms with E-state index in [9.17, 15) is 4.79 Å². The number of carbonyl (C=O) groups is 1. The number of hydrogen-bond donors (Lipinski definition) is 0. The maximum absolute atomic E-state index is 12.4. The summed E-state index contributed by atoms with van der Waals surface area (Å²) in [6, 6.07) is 9.67. The van der Waals surface area contributed by atoms with Crippen LogP contribution < -0.4 is 0 Å². The van der Waals surface area contributed by atoms with Gasteiger partial charge in [0, 0.05) is 12.1 Å². The van der Waals surface area contributed by atoms with Crippen LogP contribution in [0.1, 0.15) is 22.8 Å². The molecule has 1 aliphatic rings. The molecule has 1 atom stereocenters. The first-order valence-corrected chi connectivity index (χ1v) is 6.14. The fourth-order valence-corrected chi connectivity index (χ4v) is 2.12. The van der Waals surface area contributed by atoms with E-state index in [1.165, 1.54) is 0 Å². The summed E-state index contributed by atoms with van der Waals surface area (Å²) in [6.07, 6.45) is 0.324. The van der Waals surface area contributed by atoms with Crippen molar-refractivity contribution in [3.8, 4) is 6.07 Å². The second kappa shape index (κ2) is 5.65. The molecule has 18 heavy (non-hydrogen) atoms. The number of amides is 1. The van der Waals surface area contributed by atoms with Gasteiger partial charge in [0.2, 0.25) is 0 Å². The average molecular weight is 244 g/mol. The van der Waals surface area contributed by atoms with Gasteiger partial charge in [0.25, 0.3) is 5.91 Å². The van der Waals surface area contributed by atoms with Gasteiger partial charge in [0.15, 0.2) is 6.10 Å². The Labute approximate surface area is 107 Å². The van der Waals surface area contributed by atoms with Crippen LogP contribution in [0.25, 0.3) is 0 Å². The van der Waals surface area contributed by atoms with Crippen molar-refractivity contribution in [2.75, 3.05) is 19.7 Å². The van der Waals surface area contributed by atoms with Gasteiger partial charge in [-0.3, -0.25) is 4.79 Å². The van der Waals surface area contributed by atoms with E-state index in [1.54, 1.807) is 4.90 Å².